The van der Waals surface area contributed by atoms with Gasteiger partial charge in [0.25, 0.3) is 0 Å². The second-order valence-electron chi connectivity index (χ2n) is 5.03. The molecule has 0 aliphatic heterocycles. The summed E-state index contributed by atoms with van der Waals surface area (Å²) in [5.41, 5.74) is 2.22. The van der Waals surface area contributed by atoms with Gasteiger partial charge in [-0.3, -0.25) is 0 Å². The van der Waals surface area contributed by atoms with Crippen molar-refractivity contribution in [2.45, 2.75) is 39.5 Å². The Morgan fingerprint density at radius 3 is 2.65 bits per heavy atom. The molecule has 0 N–H and O–H groups in total. The highest BCUT2D eigenvalue weighted by Crippen LogP contribution is 2.20. The number of hydrogen-bond acceptors (Lipinski definition) is 1. The van der Waals surface area contributed by atoms with Crippen molar-refractivity contribution in [3.05, 3.63) is 48.8 Å². The quantitative estimate of drug-likeness (QED) is 0.710. The largest absolute Gasteiger partial charge is 0.241 e. The maximum Gasteiger partial charge on any atom is 0.0682 e. The standard InChI is InChI=1S/C15H22N2/c1-6-8-10-13(9-7-2)17-12-11-14(16-17)15(3,4)5/h7-12H,2,6H2,1,3-5H3/b10-8-,13-9+. The maximum absolute atomic E-state index is 4.60. The van der Waals surface area contributed by atoms with Crippen molar-refractivity contribution in [3.8, 4) is 0 Å². The Morgan fingerprint density at radius 1 is 1.47 bits per heavy atom. The van der Waals surface area contributed by atoms with Gasteiger partial charge in [-0.05, 0) is 24.6 Å². The Balaban J connectivity index is 3.05. The monoisotopic (exact) mass is 230 g/mol. The van der Waals surface area contributed by atoms with Gasteiger partial charge in [0, 0.05) is 11.6 Å². The minimum atomic E-state index is 0.0824. The molecule has 0 saturated heterocycles. The van der Waals surface area contributed by atoms with Crippen LogP contribution in [0.15, 0.2) is 43.1 Å². The Kier molecular flexibility index (Phi) is 4.50. The fourth-order valence-corrected chi connectivity index (χ4v) is 1.44. The van der Waals surface area contributed by atoms with Gasteiger partial charge in [-0.15, -0.1) is 0 Å². The number of allylic oxidation sites excluding steroid dienone is 5. The van der Waals surface area contributed by atoms with E-state index >= 15 is 0 Å². The van der Waals surface area contributed by atoms with Gasteiger partial charge < -0.3 is 0 Å². The highest BCUT2D eigenvalue weighted by Gasteiger charge is 2.16. The van der Waals surface area contributed by atoms with Gasteiger partial charge >= 0.3 is 0 Å². The van der Waals surface area contributed by atoms with Crippen LogP contribution in [0.25, 0.3) is 5.70 Å². The third-order valence-electron chi connectivity index (χ3n) is 2.43. The first kappa shape index (κ1) is 13.5. The summed E-state index contributed by atoms with van der Waals surface area (Å²) >= 11 is 0. The fourth-order valence-electron chi connectivity index (χ4n) is 1.44. The van der Waals surface area contributed by atoms with Gasteiger partial charge in [0.2, 0.25) is 0 Å². The third kappa shape index (κ3) is 3.74. The number of rotatable bonds is 4. The van der Waals surface area contributed by atoms with E-state index in [0.717, 1.165) is 17.8 Å². The average Bonchev–Trinajstić information content (AvgIpc) is 2.72. The van der Waals surface area contributed by atoms with Crippen LogP contribution in [0.2, 0.25) is 0 Å². The molecule has 0 aliphatic rings. The summed E-state index contributed by atoms with van der Waals surface area (Å²) in [5.74, 6) is 0. The molecule has 1 aromatic heterocycles. The van der Waals surface area contributed by atoms with Crippen LogP contribution in [-0.4, -0.2) is 9.78 Å². The summed E-state index contributed by atoms with van der Waals surface area (Å²) in [6.07, 6.45) is 11.0. The van der Waals surface area contributed by atoms with Crippen LogP contribution >= 0.6 is 0 Å². The second-order valence-corrected chi connectivity index (χ2v) is 5.03. The van der Waals surface area contributed by atoms with E-state index in [1.54, 1.807) is 6.08 Å². The molecule has 0 aliphatic carbocycles. The summed E-state index contributed by atoms with van der Waals surface area (Å²) in [6.45, 7) is 12.4. The normalized spacial score (nSPS) is 13.3. The molecule has 0 aromatic carbocycles. The van der Waals surface area contributed by atoms with Crippen molar-refractivity contribution >= 4 is 5.70 Å². The van der Waals surface area contributed by atoms with Crippen molar-refractivity contribution < 1.29 is 0 Å². The first-order chi connectivity index (χ1) is 7.99. The molecule has 0 saturated carbocycles. The van der Waals surface area contributed by atoms with Crippen LogP contribution < -0.4 is 0 Å². The van der Waals surface area contributed by atoms with Gasteiger partial charge in [0.15, 0.2) is 0 Å². The molecule has 0 atom stereocenters. The van der Waals surface area contributed by atoms with E-state index in [1.165, 1.54) is 0 Å². The molecule has 2 heteroatoms. The van der Waals surface area contributed by atoms with Crippen LogP contribution in [0.4, 0.5) is 0 Å². The number of hydrogen-bond donors (Lipinski definition) is 0. The summed E-state index contributed by atoms with van der Waals surface area (Å²) in [5, 5.41) is 4.60. The Labute approximate surface area is 104 Å². The lowest BCUT2D eigenvalue weighted by atomic mass is 9.93. The van der Waals surface area contributed by atoms with Crippen LogP contribution in [0.1, 0.15) is 39.8 Å². The van der Waals surface area contributed by atoms with Gasteiger partial charge in [-0.1, -0.05) is 46.4 Å². The topological polar surface area (TPSA) is 17.8 Å². The zero-order chi connectivity index (χ0) is 12.9. The molecule has 0 amide bonds. The summed E-state index contributed by atoms with van der Waals surface area (Å²) in [4.78, 5) is 0. The maximum atomic E-state index is 4.60. The van der Waals surface area contributed by atoms with Crippen LogP contribution in [0, 0.1) is 0 Å². The first-order valence-corrected chi connectivity index (χ1v) is 6.05. The molecular formula is C15H22N2. The molecule has 0 bridgehead atoms. The van der Waals surface area contributed by atoms with Gasteiger partial charge in [-0.25, -0.2) is 4.68 Å². The van der Waals surface area contributed by atoms with Crippen LogP contribution in [-0.2, 0) is 5.41 Å². The second kappa shape index (κ2) is 5.67. The van der Waals surface area contributed by atoms with E-state index < -0.39 is 0 Å². The van der Waals surface area contributed by atoms with Crippen molar-refractivity contribution in [2.75, 3.05) is 0 Å². The molecular weight excluding hydrogens is 208 g/mol. The minimum absolute atomic E-state index is 0.0824. The Bertz CT molecular complexity index is 428. The molecule has 17 heavy (non-hydrogen) atoms. The van der Waals surface area contributed by atoms with Gasteiger partial charge in [-0.2, -0.15) is 5.10 Å². The third-order valence-corrected chi connectivity index (χ3v) is 2.43. The first-order valence-electron chi connectivity index (χ1n) is 6.05. The summed E-state index contributed by atoms with van der Waals surface area (Å²) < 4.78 is 1.90. The molecule has 1 heterocycles. The van der Waals surface area contributed by atoms with E-state index in [1.807, 2.05) is 17.0 Å². The average molecular weight is 230 g/mol. The van der Waals surface area contributed by atoms with Crippen molar-refractivity contribution in [3.63, 3.8) is 0 Å². The van der Waals surface area contributed by atoms with Crippen molar-refractivity contribution in [2.24, 2.45) is 0 Å². The molecule has 0 spiro atoms. The van der Waals surface area contributed by atoms with E-state index in [9.17, 15) is 0 Å². The molecule has 0 unspecified atom stereocenters. The highest BCUT2D eigenvalue weighted by atomic mass is 15.3. The highest BCUT2D eigenvalue weighted by molar-refractivity contribution is 5.58. The molecule has 1 rings (SSSR count). The molecule has 1 aromatic rings. The van der Waals surface area contributed by atoms with E-state index in [4.69, 9.17) is 0 Å². The van der Waals surface area contributed by atoms with Crippen molar-refractivity contribution in [1.82, 2.24) is 9.78 Å². The molecule has 0 fully saturated rings. The lowest BCUT2D eigenvalue weighted by molar-refractivity contribution is 0.561. The fraction of sp³-hybridized carbons (Fsp3) is 0.400. The molecule has 0 radical (unpaired) electrons. The predicted octanol–water partition coefficient (Wildman–Crippen LogP) is 4.17. The smallest absolute Gasteiger partial charge is 0.0682 e. The predicted molar refractivity (Wildman–Crippen MR) is 74.8 cm³/mol. The Hall–Kier alpha value is -1.57. The zero-order valence-electron chi connectivity index (χ0n) is 11.3. The van der Waals surface area contributed by atoms with Crippen molar-refractivity contribution in [1.29, 1.82) is 0 Å². The lowest BCUT2D eigenvalue weighted by Gasteiger charge is -2.14. The number of nitrogens with zero attached hydrogens (tertiary/aromatic N) is 2. The van der Waals surface area contributed by atoms with Crippen LogP contribution in [0.5, 0.6) is 0 Å². The zero-order valence-corrected chi connectivity index (χ0v) is 11.3. The minimum Gasteiger partial charge on any atom is -0.241 e. The van der Waals surface area contributed by atoms with Crippen LogP contribution in [0.3, 0.4) is 0 Å². The van der Waals surface area contributed by atoms with Gasteiger partial charge in [0.1, 0.15) is 0 Å². The molecule has 2 nitrogen and oxygen atoms in total. The molecule has 92 valence electrons. The number of aromatic nitrogens is 2. The summed E-state index contributed by atoms with van der Waals surface area (Å²) in [6, 6.07) is 2.07. The lowest BCUT2D eigenvalue weighted by Crippen LogP contribution is -2.12. The van der Waals surface area contributed by atoms with E-state index in [-0.39, 0.29) is 5.41 Å². The SMILES string of the molecule is C=C/C=C(\C=C/CC)n1ccc(C(C)(C)C)n1. The Morgan fingerprint density at radius 2 is 2.18 bits per heavy atom. The van der Waals surface area contributed by atoms with E-state index in [2.05, 4.69) is 57.6 Å². The van der Waals surface area contributed by atoms with E-state index in [0.29, 0.717) is 0 Å². The van der Waals surface area contributed by atoms with Gasteiger partial charge in [0.05, 0.1) is 11.4 Å². The summed E-state index contributed by atoms with van der Waals surface area (Å²) in [7, 11) is 0.